The summed E-state index contributed by atoms with van der Waals surface area (Å²) in [5, 5.41) is 10.1. The van der Waals surface area contributed by atoms with Gasteiger partial charge in [0, 0.05) is 37.4 Å². The van der Waals surface area contributed by atoms with Gasteiger partial charge in [-0.05, 0) is 26.0 Å². The number of para-hydroxylation sites is 2. The number of hydrogen-bond donors (Lipinski definition) is 2. The van der Waals surface area contributed by atoms with Crippen molar-refractivity contribution in [3.63, 3.8) is 0 Å². The maximum atomic E-state index is 12.4. The van der Waals surface area contributed by atoms with Crippen molar-refractivity contribution in [2.75, 3.05) is 20.2 Å². The summed E-state index contributed by atoms with van der Waals surface area (Å²) in [6, 6.07) is 7.38. The molecule has 2 amide bonds. The zero-order chi connectivity index (χ0) is 20.1. The van der Waals surface area contributed by atoms with Crippen LogP contribution in [0.1, 0.15) is 25.8 Å². The Morgan fingerprint density at radius 1 is 1.39 bits per heavy atom. The molecule has 28 heavy (non-hydrogen) atoms. The molecule has 1 atom stereocenters. The third-order valence-electron chi connectivity index (χ3n) is 4.87. The van der Waals surface area contributed by atoms with Crippen molar-refractivity contribution in [1.29, 1.82) is 0 Å². The molecule has 1 aromatic carbocycles. The van der Waals surface area contributed by atoms with Crippen LogP contribution in [0.25, 0.3) is 5.69 Å². The van der Waals surface area contributed by atoms with Crippen LogP contribution in [-0.4, -0.2) is 58.8 Å². The number of methoxy groups -OCH3 is 1. The van der Waals surface area contributed by atoms with Crippen molar-refractivity contribution in [2.45, 2.75) is 38.9 Å². The first-order chi connectivity index (χ1) is 13.5. The largest absolute Gasteiger partial charge is 0.494 e. The first-order valence-corrected chi connectivity index (χ1v) is 9.46. The normalized spacial score (nSPS) is 17.4. The molecular weight excluding hydrogens is 358 g/mol. The molecule has 1 aliphatic heterocycles. The molecular formula is C20H27N5O3. The van der Waals surface area contributed by atoms with Gasteiger partial charge in [0.05, 0.1) is 25.8 Å². The molecule has 1 aromatic heterocycles. The molecule has 1 saturated heterocycles. The van der Waals surface area contributed by atoms with Gasteiger partial charge in [-0.1, -0.05) is 12.1 Å². The topological polar surface area (TPSA) is 88.5 Å². The zero-order valence-electron chi connectivity index (χ0n) is 16.5. The van der Waals surface area contributed by atoms with E-state index in [0.717, 1.165) is 23.5 Å². The Hall–Kier alpha value is -2.87. The molecule has 0 bridgehead atoms. The van der Waals surface area contributed by atoms with Crippen molar-refractivity contribution in [2.24, 2.45) is 0 Å². The van der Waals surface area contributed by atoms with Crippen LogP contribution in [0.3, 0.4) is 0 Å². The highest BCUT2D eigenvalue weighted by Crippen LogP contribution is 2.21. The van der Waals surface area contributed by atoms with E-state index in [9.17, 15) is 9.59 Å². The molecule has 0 radical (unpaired) electrons. The Morgan fingerprint density at radius 2 is 2.18 bits per heavy atom. The smallest absolute Gasteiger partial charge is 0.237 e. The van der Waals surface area contributed by atoms with Crippen molar-refractivity contribution in [3.8, 4) is 11.4 Å². The molecule has 0 aliphatic carbocycles. The summed E-state index contributed by atoms with van der Waals surface area (Å²) in [4.78, 5) is 26.7. The second-order valence-corrected chi connectivity index (χ2v) is 7.08. The van der Waals surface area contributed by atoms with Crippen LogP contribution in [0, 0.1) is 0 Å². The minimum atomic E-state index is -0.426. The van der Waals surface area contributed by atoms with Gasteiger partial charge in [-0.2, -0.15) is 5.10 Å². The van der Waals surface area contributed by atoms with Gasteiger partial charge in [0.25, 0.3) is 0 Å². The molecule has 8 heteroatoms. The Bertz CT molecular complexity index is 833. The Labute approximate surface area is 164 Å². The second kappa shape index (κ2) is 8.88. The van der Waals surface area contributed by atoms with Crippen LogP contribution in [-0.2, 0) is 16.1 Å². The number of aromatic nitrogens is 2. The van der Waals surface area contributed by atoms with Crippen molar-refractivity contribution >= 4 is 11.8 Å². The molecule has 8 nitrogen and oxygen atoms in total. The van der Waals surface area contributed by atoms with Gasteiger partial charge in [-0.3, -0.25) is 14.5 Å². The van der Waals surface area contributed by atoms with Crippen LogP contribution < -0.4 is 15.4 Å². The number of carbonyl (C=O) groups is 2. The number of rotatable bonds is 7. The summed E-state index contributed by atoms with van der Waals surface area (Å²) in [6.45, 7) is 5.81. The third kappa shape index (κ3) is 4.51. The number of nitrogens with zero attached hydrogens (tertiary/aromatic N) is 3. The number of ether oxygens (including phenoxy) is 1. The van der Waals surface area contributed by atoms with Crippen LogP contribution in [0.15, 0.2) is 36.7 Å². The van der Waals surface area contributed by atoms with Gasteiger partial charge in [0.1, 0.15) is 11.4 Å². The van der Waals surface area contributed by atoms with E-state index in [0.29, 0.717) is 13.1 Å². The maximum Gasteiger partial charge on any atom is 0.237 e. The van der Waals surface area contributed by atoms with Crippen LogP contribution in [0.5, 0.6) is 5.75 Å². The standard InChI is InChI=1S/C20H27N5O3/c1-14(2)24-9-8-21-20(27)17(24)10-19(26)22-11-15-12-23-25(13-15)16-6-4-5-7-18(16)28-3/h4-7,12-14,17H,8-11H2,1-3H3,(H,21,27)(H,22,26)/t17-/m1/s1. The molecule has 0 spiro atoms. The fraction of sp³-hybridized carbons (Fsp3) is 0.450. The lowest BCUT2D eigenvalue weighted by Gasteiger charge is -2.37. The summed E-state index contributed by atoms with van der Waals surface area (Å²) >= 11 is 0. The molecule has 1 aliphatic rings. The molecule has 1 fully saturated rings. The lowest BCUT2D eigenvalue weighted by molar-refractivity contribution is -0.134. The summed E-state index contributed by atoms with van der Waals surface area (Å²) in [6.07, 6.45) is 3.71. The first-order valence-electron chi connectivity index (χ1n) is 9.46. The zero-order valence-corrected chi connectivity index (χ0v) is 16.5. The molecule has 3 rings (SSSR count). The van der Waals surface area contributed by atoms with Gasteiger partial charge >= 0.3 is 0 Å². The summed E-state index contributed by atoms with van der Waals surface area (Å²) < 4.78 is 7.08. The molecule has 2 heterocycles. The van der Waals surface area contributed by atoms with Gasteiger partial charge < -0.3 is 15.4 Å². The minimum absolute atomic E-state index is 0.0842. The maximum absolute atomic E-state index is 12.4. The van der Waals surface area contributed by atoms with E-state index in [1.54, 1.807) is 18.0 Å². The lowest BCUT2D eigenvalue weighted by atomic mass is 10.1. The summed E-state index contributed by atoms with van der Waals surface area (Å²) in [5.74, 6) is 0.482. The van der Waals surface area contributed by atoms with Crippen LogP contribution in [0.4, 0.5) is 0 Å². The van der Waals surface area contributed by atoms with E-state index >= 15 is 0 Å². The third-order valence-corrected chi connectivity index (χ3v) is 4.87. The van der Waals surface area contributed by atoms with Gasteiger partial charge in [-0.15, -0.1) is 0 Å². The average Bonchev–Trinajstić information content (AvgIpc) is 3.16. The molecule has 0 unspecified atom stereocenters. The predicted molar refractivity (Wildman–Crippen MR) is 105 cm³/mol. The highest BCUT2D eigenvalue weighted by molar-refractivity contribution is 5.88. The number of carbonyl (C=O) groups excluding carboxylic acids is 2. The van der Waals surface area contributed by atoms with Crippen LogP contribution in [0.2, 0.25) is 0 Å². The van der Waals surface area contributed by atoms with Gasteiger partial charge in [0.15, 0.2) is 0 Å². The summed E-state index contributed by atoms with van der Waals surface area (Å²) in [7, 11) is 1.62. The Kier molecular flexibility index (Phi) is 6.30. The monoisotopic (exact) mass is 385 g/mol. The predicted octanol–water partition coefficient (Wildman–Crippen LogP) is 1.10. The number of nitrogens with one attached hydrogen (secondary N) is 2. The first kappa shape index (κ1) is 19.9. The SMILES string of the molecule is COc1ccccc1-n1cc(CNC(=O)C[C@@H]2C(=O)NCCN2C(C)C)cn1. The average molecular weight is 385 g/mol. The highest BCUT2D eigenvalue weighted by atomic mass is 16.5. The minimum Gasteiger partial charge on any atom is -0.494 e. The number of piperazine rings is 1. The second-order valence-electron chi connectivity index (χ2n) is 7.08. The Morgan fingerprint density at radius 3 is 2.93 bits per heavy atom. The van der Waals surface area contributed by atoms with Crippen molar-refractivity contribution in [1.82, 2.24) is 25.3 Å². The Balaban J connectivity index is 1.59. The molecule has 0 saturated carbocycles. The van der Waals surface area contributed by atoms with Gasteiger partial charge in [-0.25, -0.2) is 4.68 Å². The summed E-state index contributed by atoms with van der Waals surface area (Å²) in [5.41, 5.74) is 1.70. The number of benzene rings is 1. The van der Waals surface area contributed by atoms with E-state index in [-0.39, 0.29) is 24.3 Å². The van der Waals surface area contributed by atoms with Crippen LogP contribution >= 0.6 is 0 Å². The lowest BCUT2D eigenvalue weighted by Crippen LogP contribution is -2.58. The molecule has 2 aromatic rings. The van der Waals surface area contributed by atoms with Crippen molar-refractivity contribution in [3.05, 3.63) is 42.2 Å². The molecule has 150 valence electrons. The van der Waals surface area contributed by atoms with E-state index < -0.39 is 6.04 Å². The fourth-order valence-corrected chi connectivity index (χ4v) is 3.41. The van der Waals surface area contributed by atoms with E-state index in [1.807, 2.05) is 44.3 Å². The van der Waals surface area contributed by atoms with E-state index in [1.165, 1.54) is 0 Å². The fourth-order valence-electron chi connectivity index (χ4n) is 3.41. The highest BCUT2D eigenvalue weighted by Gasteiger charge is 2.32. The van der Waals surface area contributed by atoms with Gasteiger partial charge in [0.2, 0.25) is 11.8 Å². The number of amides is 2. The molecule has 2 N–H and O–H groups in total. The van der Waals surface area contributed by atoms with Crippen molar-refractivity contribution < 1.29 is 14.3 Å². The van der Waals surface area contributed by atoms with E-state index in [2.05, 4.69) is 20.6 Å². The number of hydrogen-bond acceptors (Lipinski definition) is 5. The van der Waals surface area contributed by atoms with E-state index in [4.69, 9.17) is 4.74 Å². The quantitative estimate of drug-likeness (QED) is 0.745.